The summed E-state index contributed by atoms with van der Waals surface area (Å²) in [6.07, 6.45) is 2.91. The number of nitrogens with zero attached hydrogens (tertiary/aromatic N) is 1. The molecule has 0 spiro atoms. The van der Waals surface area contributed by atoms with Gasteiger partial charge in [-0.2, -0.15) is 4.57 Å². The van der Waals surface area contributed by atoms with Gasteiger partial charge in [0.2, 0.25) is 0 Å². The van der Waals surface area contributed by atoms with Crippen molar-refractivity contribution in [2.75, 3.05) is 13.2 Å². The van der Waals surface area contributed by atoms with Crippen LogP contribution in [0, 0.1) is 12.3 Å². The monoisotopic (exact) mass is 386 g/mol. The molecule has 1 amide bonds. The molecule has 0 aromatic carbocycles. The van der Waals surface area contributed by atoms with E-state index in [1.165, 1.54) is 29.1 Å². The number of terminal acetylenes is 1. The molecular weight excluding hydrogens is 367 g/mol. The number of ether oxygens (including phenoxy) is 1. The number of aromatic nitrogens is 1. The zero-order chi connectivity index (χ0) is 19.3. The molecule has 0 bridgehead atoms. The number of carbonyl (C=O) groups is 1. The van der Waals surface area contributed by atoms with E-state index in [2.05, 4.69) is 15.0 Å². The van der Waals surface area contributed by atoms with Gasteiger partial charge in [0.25, 0.3) is 20.0 Å². The number of hydrogen-bond acceptors (Lipinski definition) is 8. The van der Waals surface area contributed by atoms with Crippen LogP contribution in [0.2, 0.25) is 0 Å². The van der Waals surface area contributed by atoms with Crippen LogP contribution in [0.25, 0.3) is 0 Å². The summed E-state index contributed by atoms with van der Waals surface area (Å²) in [5.74, 6) is 1.54. The maximum absolute atomic E-state index is 11.6. The van der Waals surface area contributed by atoms with Crippen LogP contribution >= 0.6 is 7.82 Å². The van der Waals surface area contributed by atoms with E-state index in [-0.39, 0.29) is 18.6 Å². The minimum atomic E-state index is -4.62. The number of nitrogens with two attached hydrogens (primary N) is 1. The van der Waals surface area contributed by atoms with Crippen LogP contribution in [0.5, 0.6) is 0 Å². The first-order valence-electron chi connectivity index (χ1n) is 7.61. The van der Waals surface area contributed by atoms with Crippen molar-refractivity contribution in [3.05, 3.63) is 30.1 Å². The number of amides is 1. The Morgan fingerprint density at radius 2 is 2.19 bits per heavy atom. The number of pyridine rings is 1. The molecule has 0 aliphatic carbocycles. The Kier molecular flexibility index (Phi) is 6.86. The van der Waals surface area contributed by atoms with Crippen LogP contribution in [0.1, 0.15) is 23.0 Å². The fraction of sp³-hybridized carbons (Fsp3) is 0.467. The normalized spacial score (nSPS) is 27.6. The van der Waals surface area contributed by atoms with Crippen LogP contribution in [0.4, 0.5) is 0 Å². The van der Waals surface area contributed by atoms with Gasteiger partial charge in [-0.05, 0) is 6.07 Å². The first kappa shape index (κ1) is 20.5. The average Bonchev–Trinajstić information content (AvgIpc) is 2.88. The molecule has 1 saturated heterocycles. The third-order valence-corrected chi connectivity index (χ3v) is 4.59. The van der Waals surface area contributed by atoms with Gasteiger partial charge in [-0.25, -0.2) is 0 Å². The first-order chi connectivity index (χ1) is 12.2. The highest BCUT2D eigenvalue weighted by Gasteiger charge is 2.48. The fourth-order valence-corrected chi connectivity index (χ4v) is 3.05. The van der Waals surface area contributed by atoms with Crippen molar-refractivity contribution in [1.29, 1.82) is 0 Å². The van der Waals surface area contributed by atoms with Crippen molar-refractivity contribution in [3.63, 3.8) is 0 Å². The molecule has 0 radical (unpaired) electrons. The lowest BCUT2D eigenvalue weighted by Gasteiger charge is -2.24. The number of phosphoric acid groups is 1. The van der Waals surface area contributed by atoms with Gasteiger partial charge in [0, 0.05) is 12.5 Å². The average molecular weight is 386 g/mol. The molecule has 142 valence electrons. The Bertz CT molecular complexity index is 737. The van der Waals surface area contributed by atoms with Crippen molar-refractivity contribution in [1.82, 2.24) is 0 Å². The fourth-order valence-electron chi connectivity index (χ4n) is 2.33. The van der Waals surface area contributed by atoms with Crippen LogP contribution in [0.3, 0.4) is 0 Å². The Morgan fingerprint density at radius 3 is 2.85 bits per heavy atom. The van der Waals surface area contributed by atoms with Gasteiger partial charge in [0.15, 0.2) is 18.5 Å². The molecule has 2 heterocycles. The minimum Gasteiger partial charge on any atom is -0.756 e. The van der Waals surface area contributed by atoms with Crippen molar-refractivity contribution < 1.29 is 42.8 Å². The second-order valence-electron chi connectivity index (χ2n) is 5.48. The van der Waals surface area contributed by atoms with E-state index in [4.69, 9.17) is 16.9 Å². The second kappa shape index (κ2) is 8.70. The molecule has 26 heavy (non-hydrogen) atoms. The van der Waals surface area contributed by atoms with Gasteiger partial charge in [-0.3, -0.25) is 9.36 Å². The van der Waals surface area contributed by atoms with Gasteiger partial charge < -0.3 is 34.6 Å². The molecule has 0 saturated carbocycles. The summed E-state index contributed by atoms with van der Waals surface area (Å²) in [6.45, 7) is -0.798. The highest BCUT2D eigenvalue weighted by atomic mass is 31.2. The standard InChI is InChI=1S/C15H19N2O8P/c1-2-3-7-23-26(21,22)24-9-11-12(18)13(19)15(25-11)17-6-4-5-10(8-17)14(16)20/h1,4-6,8,11-13,15,18-19H,3,7,9H2,(H2-,16,20,21,22)/t11-,12-,13-,15-/m1/s1. The number of carbonyl (C=O) groups excluding carboxylic acids is 1. The second-order valence-corrected chi connectivity index (χ2v) is 6.89. The lowest BCUT2D eigenvalue weighted by Crippen LogP contribution is -2.46. The van der Waals surface area contributed by atoms with Crippen LogP contribution in [0.15, 0.2) is 24.5 Å². The number of hydrogen-bond donors (Lipinski definition) is 3. The third-order valence-electron chi connectivity index (χ3n) is 3.63. The van der Waals surface area contributed by atoms with Crippen LogP contribution in [-0.2, 0) is 18.3 Å². The van der Waals surface area contributed by atoms with Crippen molar-refractivity contribution in [2.45, 2.75) is 31.0 Å². The van der Waals surface area contributed by atoms with Crippen molar-refractivity contribution >= 4 is 13.7 Å². The van der Waals surface area contributed by atoms with E-state index in [0.717, 1.165) is 0 Å². The molecule has 1 fully saturated rings. The van der Waals surface area contributed by atoms with Crippen molar-refractivity contribution in [2.24, 2.45) is 5.73 Å². The Labute approximate surface area is 149 Å². The van der Waals surface area contributed by atoms with Gasteiger partial charge in [0.1, 0.15) is 17.8 Å². The molecule has 1 aliphatic rings. The Balaban J connectivity index is 2.01. The Morgan fingerprint density at radius 1 is 1.46 bits per heavy atom. The van der Waals surface area contributed by atoms with E-state index in [0.29, 0.717) is 0 Å². The lowest BCUT2D eigenvalue weighted by atomic mass is 10.1. The molecule has 2 rings (SSSR count). The molecule has 1 unspecified atom stereocenters. The van der Waals surface area contributed by atoms with Gasteiger partial charge in [-0.15, -0.1) is 12.3 Å². The molecular formula is C15H19N2O8P. The van der Waals surface area contributed by atoms with Gasteiger partial charge in [-0.1, -0.05) is 0 Å². The summed E-state index contributed by atoms with van der Waals surface area (Å²) in [7, 11) is -4.62. The van der Waals surface area contributed by atoms with E-state index in [9.17, 15) is 24.5 Å². The molecule has 11 heteroatoms. The zero-order valence-electron chi connectivity index (χ0n) is 13.6. The lowest BCUT2D eigenvalue weighted by molar-refractivity contribution is -0.765. The predicted molar refractivity (Wildman–Crippen MR) is 84.0 cm³/mol. The van der Waals surface area contributed by atoms with Crippen LogP contribution in [-0.4, -0.2) is 47.6 Å². The molecule has 5 atom stereocenters. The van der Waals surface area contributed by atoms with E-state index in [1.54, 1.807) is 0 Å². The Hall–Kier alpha value is -1.83. The summed E-state index contributed by atoms with van der Waals surface area (Å²) in [6, 6.07) is 2.98. The summed E-state index contributed by atoms with van der Waals surface area (Å²) < 4.78 is 27.6. The van der Waals surface area contributed by atoms with E-state index < -0.39 is 44.9 Å². The van der Waals surface area contributed by atoms with Crippen LogP contribution < -0.4 is 15.2 Å². The van der Waals surface area contributed by atoms with E-state index >= 15 is 0 Å². The molecule has 1 aromatic rings. The number of aliphatic hydroxyl groups excluding tert-OH is 2. The summed E-state index contributed by atoms with van der Waals surface area (Å²) >= 11 is 0. The quantitative estimate of drug-likeness (QED) is 0.205. The molecule has 10 nitrogen and oxygen atoms in total. The molecule has 4 N–H and O–H groups in total. The van der Waals surface area contributed by atoms with Gasteiger partial charge in [0.05, 0.1) is 13.2 Å². The highest BCUT2D eigenvalue weighted by Crippen LogP contribution is 2.39. The maximum Gasteiger partial charge on any atom is 0.292 e. The molecule has 1 aromatic heterocycles. The number of primary amides is 1. The number of phosphoric ester groups is 1. The third kappa shape index (κ3) is 5.09. The highest BCUT2D eigenvalue weighted by molar-refractivity contribution is 7.45. The van der Waals surface area contributed by atoms with Crippen molar-refractivity contribution in [3.8, 4) is 12.3 Å². The smallest absolute Gasteiger partial charge is 0.292 e. The predicted octanol–water partition coefficient (Wildman–Crippen LogP) is -1.78. The number of aliphatic hydroxyl groups is 2. The summed E-state index contributed by atoms with van der Waals surface area (Å²) in [5.41, 5.74) is 5.37. The topological polar surface area (TPSA) is 155 Å². The minimum absolute atomic E-state index is 0.0891. The SMILES string of the molecule is C#CCCOP(=O)([O-])OC[C@H]1O[C@@H]([n+]2cccc(C(N)=O)c2)[C@H](O)[C@@H]1O. The number of rotatable bonds is 8. The summed E-state index contributed by atoms with van der Waals surface area (Å²) in [4.78, 5) is 22.8. The molecule has 1 aliphatic heterocycles. The van der Waals surface area contributed by atoms with Gasteiger partial charge >= 0.3 is 0 Å². The summed E-state index contributed by atoms with van der Waals surface area (Å²) in [5, 5.41) is 20.2. The zero-order valence-corrected chi connectivity index (χ0v) is 14.5. The maximum atomic E-state index is 11.6. The van der Waals surface area contributed by atoms with E-state index in [1.807, 2.05) is 0 Å². The largest absolute Gasteiger partial charge is 0.756 e. The first-order valence-corrected chi connectivity index (χ1v) is 9.07.